The zero-order chi connectivity index (χ0) is 25.1. The van der Waals surface area contributed by atoms with Gasteiger partial charge in [-0.2, -0.15) is 0 Å². The topological polar surface area (TPSA) is 91.3 Å². The SMILES string of the molecule is COc1ccc(COC[C@H]2[C@H]3CC(=O)OC([C@H]3O)[C@H]2OC(=O)c2ccc(-c3ccccc3)cc2)cc1. The van der Waals surface area contributed by atoms with Crippen LogP contribution in [0, 0.1) is 11.8 Å². The van der Waals surface area contributed by atoms with Gasteiger partial charge in [0, 0.05) is 11.8 Å². The minimum absolute atomic E-state index is 0.0635. The lowest BCUT2D eigenvalue weighted by atomic mass is 9.91. The van der Waals surface area contributed by atoms with Crippen molar-refractivity contribution >= 4 is 11.9 Å². The lowest BCUT2D eigenvalue weighted by molar-refractivity contribution is -0.168. The molecule has 2 aliphatic rings. The smallest absolute Gasteiger partial charge is 0.338 e. The molecule has 1 heterocycles. The Kier molecular flexibility index (Phi) is 7.02. The third kappa shape index (κ3) is 4.98. The average Bonchev–Trinajstić information content (AvgIpc) is 3.05. The molecule has 3 aromatic carbocycles. The maximum absolute atomic E-state index is 13.0. The van der Waals surface area contributed by atoms with E-state index in [1.165, 1.54) is 0 Å². The summed E-state index contributed by atoms with van der Waals surface area (Å²) in [6.07, 6.45) is -2.55. The van der Waals surface area contributed by atoms with E-state index >= 15 is 0 Å². The largest absolute Gasteiger partial charge is 0.497 e. The van der Waals surface area contributed by atoms with E-state index in [1.807, 2.05) is 66.7 Å². The molecule has 1 aliphatic heterocycles. The summed E-state index contributed by atoms with van der Waals surface area (Å²) in [5.41, 5.74) is 3.37. The van der Waals surface area contributed by atoms with Gasteiger partial charge in [0.05, 0.1) is 38.4 Å². The molecule has 1 aliphatic carbocycles. The molecule has 1 saturated heterocycles. The summed E-state index contributed by atoms with van der Waals surface area (Å²) in [6.45, 7) is 0.552. The average molecular weight is 489 g/mol. The number of esters is 2. The predicted molar refractivity (Wildman–Crippen MR) is 131 cm³/mol. The molecule has 5 rings (SSSR count). The second-order valence-corrected chi connectivity index (χ2v) is 9.15. The Morgan fingerprint density at radius 1 is 0.972 bits per heavy atom. The Balaban J connectivity index is 1.27. The van der Waals surface area contributed by atoms with Gasteiger partial charge in [-0.3, -0.25) is 4.79 Å². The number of hydrogen-bond donors (Lipinski definition) is 1. The summed E-state index contributed by atoms with van der Waals surface area (Å²) in [6, 6.07) is 24.5. The highest BCUT2D eigenvalue weighted by atomic mass is 16.6. The highest BCUT2D eigenvalue weighted by Crippen LogP contribution is 2.43. The number of carbonyl (C=O) groups is 2. The third-order valence-electron chi connectivity index (χ3n) is 6.95. The maximum Gasteiger partial charge on any atom is 0.338 e. The van der Waals surface area contributed by atoms with E-state index in [1.54, 1.807) is 19.2 Å². The molecule has 0 amide bonds. The molecule has 5 atom stereocenters. The second-order valence-electron chi connectivity index (χ2n) is 9.15. The number of aliphatic hydroxyl groups excluding tert-OH is 1. The summed E-state index contributed by atoms with van der Waals surface area (Å²) in [4.78, 5) is 25.1. The molecule has 1 N–H and O–H groups in total. The Labute approximate surface area is 209 Å². The molecule has 0 radical (unpaired) electrons. The standard InChI is InChI=1S/C29H28O7/c1-33-22-13-7-18(8-14-22)16-34-17-24-23-15-25(30)35-28(26(23)31)27(24)36-29(32)21-11-9-20(10-12-21)19-5-3-2-4-6-19/h2-14,23-24,26-28,31H,15-17H2,1H3/t23-,24+,26+,27+,28?/m1/s1. The van der Waals surface area contributed by atoms with Gasteiger partial charge in [0.2, 0.25) is 0 Å². The highest BCUT2D eigenvalue weighted by Gasteiger charge is 2.57. The van der Waals surface area contributed by atoms with Gasteiger partial charge < -0.3 is 24.1 Å². The summed E-state index contributed by atoms with van der Waals surface area (Å²) in [5.74, 6) is -0.949. The van der Waals surface area contributed by atoms with Gasteiger partial charge in [-0.15, -0.1) is 0 Å². The molecule has 0 aromatic heterocycles. The Morgan fingerprint density at radius 3 is 2.36 bits per heavy atom. The minimum Gasteiger partial charge on any atom is -0.497 e. The summed E-state index contributed by atoms with van der Waals surface area (Å²) in [7, 11) is 1.61. The second kappa shape index (κ2) is 10.5. The van der Waals surface area contributed by atoms with Gasteiger partial charge >= 0.3 is 11.9 Å². The van der Waals surface area contributed by atoms with Gasteiger partial charge in [0.1, 0.15) is 11.9 Å². The van der Waals surface area contributed by atoms with E-state index in [2.05, 4.69) is 0 Å². The van der Waals surface area contributed by atoms with Crippen LogP contribution >= 0.6 is 0 Å². The van der Waals surface area contributed by atoms with Crippen molar-refractivity contribution in [2.45, 2.75) is 31.3 Å². The van der Waals surface area contributed by atoms with Crippen LogP contribution in [0.4, 0.5) is 0 Å². The van der Waals surface area contributed by atoms with Gasteiger partial charge in [0.15, 0.2) is 6.10 Å². The van der Waals surface area contributed by atoms with Crippen LogP contribution in [0.2, 0.25) is 0 Å². The van der Waals surface area contributed by atoms with E-state index in [0.29, 0.717) is 12.2 Å². The van der Waals surface area contributed by atoms with Crippen molar-refractivity contribution in [1.29, 1.82) is 0 Å². The summed E-state index contributed by atoms with van der Waals surface area (Å²) in [5, 5.41) is 10.7. The minimum atomic E-state index is -0.907. The molecule has 1 saturated carbocycles. The van der Waals surface area contributed by atoms with Crippen molar-refractivity contribution in [3.05, 3.63) is 90.0 Å². The van der Waals surface area contributed by atoms with Crippen LogP contribution in [0.15, 0.2) is 78.9 Å². The fraction of sp³-hybridized carbons (Fsp3) is 0.310. The van der Waals surface area contributed by atoms with Crippen LogP contribution in [0.3, 0.4) is 0 Å². The predicted octanol–water partition coefficient (Wildman–Crippen LogP) is 4.03. The first-order chi connectivity index (χ1) is 17.5. The van der Waals surface area contributed by atoms with Crippen LogP contribution in [0.5, 0.6) is 5.75 Å². The molecule has 7 heteroatoms. The lowest BCUT2D eigenvalue weighted by Gasteiger charge is -2.26. The lowest BCUT2D eigenvalue weighted by Crippen LogP contribution is -2.41. The van der Waals surface area contributed by atoms with Gasteiger partial charge in [-0.25, -0.2) is 4.79 Å². The molecule has 2 bridgehead atoms. The fourth-order valence-electron chi connectivity index (χ4n) is 5.01. The van der Waals surface area contributed by atoms with Crippen molar-refractivity contribution in [1.82, 2.24) is 0 Å². The van der Waals surface area contributed by atoms with Crippen LogP contribution in [-0.4, -0.2) is 49.1 Å². The zero-order valence-corrected chi connectivity index (χ0v) is 19.9. The monoisotopic (exact) mass is 488 g/mol. The summed E-state index contributed by atoms with van der Waals surface area (Å²) < 4.78 is 22.4. The Hall–Kier alpha value is -3.68. The molecule has 7 nitrogen and oxygen atoms in total. The van der Waals surface area contributed by atoms with Crippen LogP contribution in [-0.2, 0) is 25.6 Å². The molecule has 1 unspecified atom stereocenters. The van der Waals surface area contributed by atoms with E-state index in [-0.39, 0.29) is 18.9 Å². The van der Waals surface area contributed by atoms with Crippen LogP contribution < -0.4 is 4.74 Å². The van der Waals surface area contributed by atoms with E-state index in [9.17, 15) is 14.7 Å². The summed E-state index contributed by atoms with van der Waals surface area (Å²) >= 11 is 0. The first kappa shape index (κ1) is 24.0. The Bertz CT molecular complexity index is 1190. The number of aliphatic hydroxyl groups is 1. The van der Waals surface area contributed by atoms with Crippen molar-refractivity contribution in [2.75, 3.05) is 13.7 Å². The zero-order valence-electron chi connectivity index (χ0n) is 19.9. The molecule has 3 aromatic rings. The van der Waals surface area contributed by atoms with Gasteiger partial charge in [-0.05, 0) is 41.0 Å². The normalized spacial score (nSPS) is 24.7. The van der Waals surface area contributed by atoms with E-state index in [4.69, 9.17) is 18.9 Å². The molecule has 36 heavy (non-hydrogen) atoms. The quantitative estimate of drug-likeness (QED) is 0.479. The molecule has 186 valence electrons. The molecular formula is C29H28O7. The van der Waals surface area contributed by atoms with Gasteiger partial charge in [0.25, 0.3) is 0 Å². The number of hydrogen-bond acceptors (Lipinski definition) is 7. The third-order valence-corrected chi connectivity index (χ3v) is 6.95. The van der Waals surface area contributed by atoms with Crippen molar-refractivity contribution < 1.29 is 33.6 Å². The fourth-order valence-corrected chi connectivity index (χ4v) is 5.01. The number of carbonyl (C=O) groups excluding carboxylic acids is 2. The van der Waals surface area contributed by atoms with Gasteiger partial charge in [-0.1, -0.05) is 54.6 Å². The van der Waals surface area contributed by atoms with Crippen molar-refractivity contribution in [3.8, 4) is 16.9 Å². The molecular weight excluding hydrogens is 460 g/mol. The van der Waals surface area contributed by atoms with Crippen LogP contribution in [0.1, 0.15) is 22.3 Å². The Morgan fingerprint density at radius 2 is 1.67 bits per heavy atom. The van der Waals surface area contributed by atoms with Crippen molar-refractivity contribution in [3.63, 3.8) is 0 Å². The van der Waals surface area contributed by atoms with Crippen molar-refractivity contribution in [2.24, 2.45) is 11.8 Å². The van der Waals surface area contributed by atoms with Crippen LogP contribution in [0.25, 0.3) is 11.1 Å². The number of rotatable bonds is 8. The molecule has 2 fully saturated rings. The number of methoxy groups -OCH3 is 1. The highest BCUT2D eigenvalue weighted by molar-refractivity contribution is 5.90. The maximum atomic E-state index is 13.0. The molecule has 0 spiro atoms. The van der Waals surface area contributed by atoms with E-state index < -0.39 is 36.2 Å². The number of benzene rings is 3. The van der Waals surface area contributed by atoms with E-state index in [0.717, 1.165) is 22.4 Å². The first-order valence-electron chi connectivity index (χ1n) is 12.0. The number of fused-ring (bicyclic) bond motifs is 2. The number of ether oxygens (including phenoxy) is 4. The first-order valence-corrected chi connectivity index (χ1v) is 12.0.